The number of carbonyl (C=O) groups excluding carboxylic acids is 1. The fourth-order valence-corrected chi connectivity index (χ4v) is 4.44. The smallest absolute Gasteiger partial charge is 0.235 e. The third kappa shape index (κ3) is 4.46. The van der Waals surface area contributed by atoms with Gasteiger partial charge in [0.15, 0.2) is 9.84 Å². The van der Waals surface area contributed by atoms with Gasteiger partial charge in [-0.1, -0.05) is 23.7 Å². The molecular formula is C14H14ClNO4S2. The lowest BCUT2D eigenvalue weighted by atomic mass is 10.2. The fourth-order valence-electron chi connectivity index (χ4n) is 1.70. The van der Waals surface area contributed by atoms with E-state index >= 15 is 0 Å². The van der Waals surface area contributed by atoms with Crippen LogP contribution in [0.1, 0.15) is 5.56 Å². The van der Waals surface area contributed by atoms with E-state index in [0.717, 1.165) is 16.9 Å². The molecule has 118 valence electrons. The summed E-state index contributed by atoms with van der Waals surface area (Å²) < 4.78 is 29.6. The van der Waals surface area contributed by atoms with Crippen LogP contribution in [0.15, 0.2) is 40.6 Å². The number of amides is 1. The molecule has 0 saturated heterocycles. The Bertz CT molecular complexity index is 753. The number of halogens is 1. The molecule has 2 aromatic rings. The molecule has 0 fully saturated rings. The molecular weight excluding hydrogens is 346 g/mol. The summed E-state index contributed by atoms with van der Waals surface area (Å²) in [5.74, 6) is -0.437. The lowest BCUT2D eigenvalue weighted by Gasteiger charge is -2.06. The van der Waals surface area contributed by atoms with E-state index in [4.69, 9.17) is 16.3 Å². The van der Waals surface area contributed by atoms with E-state index in [-0.39, 0.29) is 10.8 Å². The van der Waals surface area contributed by atoms with Crippen LogP contribution in [0.5, 0.6) is 5.75 Å². The molecule has 0 aliphatic rings. The Morgan fingerprint density at radius 1 is 1.23 bits per heavy atom. The molecule has 0 spiro atoms. The topological polar surface area (TPSA) is 72.5 Å². The van der Waals surface area contributed by atoms with Gasteiger partial charge >= 0.3 is 0 Å². The summed E-state index contributed by atoms with van der Waals surface area (Å²) in [4.78, 5) is 11.8. The zero-order chi connectivity index (χ0) is 16.2. The highest BCUT2D eigenvalue weighted by atomic mass is 35.5. The van der Waals surface area contributed by atoms with Crippen molar-refractivity contribution < 1.29 is 17.9 Å². The van der Waals surface area contributed by atoms with Crippen molar-refractivity contribution in [1.82, 2.24) is 5.32 Å². The maximum atomic E-state index is 12.0. The van der Waals surface area contributed by atoms with Crippen LogP contribution in [0, 0.1) is 0 Å². The van der Waals surface area contributed by atoms with E-state index in [1.807, 2.05) is 0 Å². The van der Waals surface area contributed by atoms with Gasteiger partial charge in [0.05, 0.1) is 11.4 Å². The van der Waals surface area contributed by atoms with Crippen molar-refractivity contribution >= 4 is 38.7 Å². The Labute approximate surface area is 137 Å². The number of rotatable bonds is 6. The van der Waals surface area contributed by atoms with Crippen molar-refractivity contribution in [1.29, 1.82) is 0 Å². The Morgan fingerprint density at radius 3 is 2.45 bits per heavy atom. The first-order valence-corrected chi connectivity index (χ1v) is 9.13. The second-order valence-corrected chi connectivity index (χ2v) is 8.37. The summed E-state index contributed by atoms with van der Waals surface area (Å²) in [6.07, 6.45) is 0. The van der Waals surface area contributed by atoms with Gasteiger partial charge in [-0.2, -0.15) is 0 Å². The number of carbonyl (C=O) groups is 1. The monoisotopic (exact) mass is 359 g/mol. The summed E-state index contributed by atoms with van der Waals surface area (Å²) in [6.45, 7) is 0.254. The van der Waals surface area contributed by atoms with E-state index in [1.54, 1.807) is 31.4 Å². The summed E-state index contributed by atoms with van der Waals surface area (Å²) >= 11 is 6.65. The third-order valence-electron chi connectivity index (χ3n) is 2.82. The Hall–Kier alpha value is -1.57. The molecule has 0 unspecified atom stereocenters. The maximum Gasteiger partial charge on any atom is 0.235 e. The summed E-state index contributed by atoms with van der Waals surface area (Å²) in [5, 5.41) is 2.58. The molecule has 1 aromatic heterocycles. The van der Waals surface area contributed by atoms with Gasteiger partial charge in [-0.15, -0.1) is 11.3 Å². The van der Waals surface area contributed by atoms with Crippen molar-refractivity contribution in [2.24, 2.45) is 0 Å². The minimum Gasteiger partial charge on any atom is -0.497 e. The minimum absolute atomic E-state index is 0.0945. The number of thiophene rings is 1. The first kappa shape index (κ1) is 16.8. The number of methoxy groups -OCH3 is 1. The second-order valence-electron chi connectivity index (χ2n) is 4.44. The van der Waals surface area contributed by atoms with Gasteiger partial charge in [-0.25, -0.2) is 8.42 Å². The van der Waals surface area contributed by atoms with Crippen molar-refractivity contribution in [3.05, 3.63) is 46.3 Å². The van der Waals surface area contributed by atoms with E-state index in [0.29, 0.717) is 10.1 Å². The van der Waals surface area contributed by atoms with E-state index in [1.165, 1.54) is 12.1 Å². The van der Waals surface area contributed by atoms with Crippen LogP contribution in [-0.4, -0.2) is 27.2 Å². The SMILES string of the molecule is COc1ccc(CNC(=O)CS(=O)(=O)c2ccc(Cl)s2)cc1. The molecule has 8 heteroatoms. The van der Waals surface area contributed by atoms with E-state index < -0.39 is 21.5 Å². The Balaban J connectivity index is 1.92. The highest BCUT2D eigenvalue weighted by Gasteiger charge is 2.21. The zero-order valence-electron chi connectivity index (χ0n) is 11.7. The van der Waals surface area contributed by atoms with Gasteiger partial charge in [0.2, 0.25) is 5.91 Å². The molecule has 2 rings (SSSR count). The van der Waals surface area contributed by atoms with Crippen LogP contribution in [0.4, 0.5) is 0 Å². The van der Waals surface area contributed by atoms with Gasteiger partial charge in [0, 0.05) is 6.54 Å². The lowest BCUT2D eigenvalue weighted by Crippen LogP contribution is -2.29. The zero-order valence-corrected chi connectivity index (χ0v) is 14.1. The van der Waals surface area contributed by atoms with Gasteiger partial charge in [-0.05, 0) is 29.8 Å². The number of hydrogen-bond donors (Lipinski definition) is 1. The van der Waals surface area contributed by atoms with Crippen LogP contribution in [0.25, 0.3) is 0 Å². The largest absolute Gasteiger partial charge is 0.497 e. The average Bonchev–Trinajstić information content (AvgIpc) is 2.93. The van der Waals surface area contributed by atoms with Gasteiger partial charge in [0.25, 0.3) is 0 Å². The van der Waals surface area contributed by atoms with Crippen LogP contribution in [0.2, 0.25) is 4.34 Å². The van der Waals surface area contributed by atoms with E-state index in [9.17, 15) is 13.2 Å². The van der Waals surface area contributed by atoms with Crippen LogP contribution >= 0.6 is 22.9 Å². The summed E-state index contributed by atoms with van der Waals surface area (Å²) in [6, 6.07) is 10.0. The molecule has 1 N–H and O–H groups in total. The quantitative estimate of drug-likeness (QED) is 0.860. The first-order chi connectivity index (χ1) is 10.4. The molecule has 0 bridgehead atoms. The highest BCUT2D eigenvalue weighted by molar-refractivity contribution is 7.94. The minimum atomic E-state index is -3.65. The predicted octanol–water partition coefficient (Wildman–Crippen LogP) is 2.50. The standard InChI is InChI=1S/C14H14ClNO4S2/c1-20-11-4-2-10(3-5-11)8-16-13(17)9-22(18,19)14-7-6-12(15)21-14/h2-7H,8-9H2,1H3,(H,16,17). The average molecular weight is 360 g/mol. The molecule has 1 heterocycles. The molecule has 5 nitrogen and oxygen atoms in total. The van der Waals surface area contributed by atoms with Crippen molar-refractivity contribution in [2.75, 3.05) is 12.9 Å². The molecule has 0 aliphatic carbocycles. The second kappa shape index (κ2) is 7.13. The number of hydrogen-bond acceptors (Lipinski definition) is 5. The van der Waals surface area contributed by atoms with Crippen LogP contribution in [0.3, 0.4) is 0 Å². The molecule has 0 radical (unpaired) electrons. The Kier molecular flexibility index (Phi) is 5.44. The van der Waals surface area contributed by atoms with Crippen molar-refractivity contribution in [2.45, 2.75) is 10.8 Å². The van der Waals surface area contributed by atoms with E-state index in [2.05, 4.69) is 5.32 Å². The molecule has 0 atom stereocenters. The van der Waals surface area contributed by atoms with Crippen LogP contribution in [-0.2, 0) is 21.2 Å². The Morgan fingerprint density at radius 2 is 1.91 bits per heavy atom. The normalized spacial score (nSPS) is 11.2. The third-order valence-corrected chi connectivity index (χ3v) is 6.25. The maximum absolute atomic E-state index is 12.0. The van der Waals surface area contributed by atoms with Crippen molar-refractivity contribution in [3.8, 4) is 5.75 Å². The number of sulfone groups is 1. The summed E-state index contributed by atoms with van der Waals surface area (Å²) in [5.41, 5.74) is 0.853. The number of nitrogens with one attached hydrogen (secondary N) is 1. The van der Waals surface area contributed by atoms with Crippen LogP contribution < -0.4 is 10.1 Å². The number of benzene rings is 1. The van der Waals surface area contributed by atoms with Crippen molar-refractivity contribution in [3.63, 3.8) is 0 Å². The van der Waals surface area contributed by atoms with Gasteiger partial charge in [-0.3, -0.25) is 4.79 Å². The van der Waals surface area contributed by atoms with Gasteiger partial charge < -0.3 is 10.1 Å². The molecule has 0 aliphatic heterocycles. The molecule has 1 aromatic carbocycles. The lowest BCUT2D eigenvalue weighted by molar-refractivity contribution is -0.118. The predicted molar refractivity (Wildman–Crippen MR) is 86.2 cm³/mol. The first-order valence-electron chi connectivity index (χ1n) is 6.28. The summed E-state index contributed by atoms with van der Waals surface area (Å²) in [7, 11) is -2.08. The molecule has 22 heavy (non-hydrogen) atoms. The van der Waals surface area contributed by atoms with Gasteiger partial charge in [0.1, 0.15) is 15.7 Å². The number of ether oxygens (including phenoxy) is 1. The highest BCUT2D eigenvalue weighted by Crippen LogP contribution is 2.26. The molecule has 1 amide bonds. The fraction of sp³-hybridized carbons (Fsp3) is 0.214. The molecule has 0 saturated carbocycles.